The van der Waals surface area contributed by atoms with Crippen LogP contribution in [0, 0.1) is 0 Å². The SMILES string of the molecule is CC(C)N1CCOC(CSc2nnc(CN)n2C2CC2)C1. The molecule has 6 nitrogen and oxygen atoms in total. The lowest BCUT2D eigenvalue weighted by atomic mass is 10.2. The maximum absolute atomic E-state index is 5.88. The zero-order chi connectivity index (χ0) is 14.8. The molecule has 3 rings (SSSR count). The Hall–Kier alpha value is -0.630. The van der Waals surface area contributed by atoms with Crippen molar-refractivity contribution in [3.8, 4) is 0 Å². The monoisotopic (exact) mass is 311 g/mol. The van der Waals surface area contributed by atoms with Gasteiger partial charge in [0, 0.05) is 30.9 Å². The number of nitrogens with zero attached hydrogens (tertiary/aromatic N) is 4. The number of nitrogens with two attached hydrogens (primary N) is 1. The predicted octanol–water partition coefficient (Wildman–Crippen LogP) is 1.27. The Bertz CT molecular complexity index is 474. The van der Waals surface area contributed by atoms with Crippen molar-refractivity contribution in [3.63, 3.8) is 0 Å². The van der Waals surface area contributed by atoms with E-state index in [9.17, 15) is 0 Å². The van der Waals surface area contributed by atoms with Gasteiger partial charge in [0.05, 0.1) is 19.3 Å². The number of thioether (sulfide) groups is 1. The number of hydrogen-bond donors (Lipinski definition) is 1. The number of morpholine rings is 1. The van der Waals surface area contributed by atoms with Gasteiger partial charge >= 0.3 is 0 Å². The highest BCUT2D eigenvalue weighted by Gasteiger charge is 2.30. The van der Waals surface area contributed by atoms with Gasteiger partial charge in [0.2, 0.25) is 0 Å². The number of aromatic nitrogens is 3. The molecule has 2 aliphatic rings. The third-order valence-electron chi connectivity index (χ3n) is 4.13. The average molecular weight is 311 g/mol. The van der Waals surface area contributed by atoms with Crippen molar-refractivity contribution in [2.45, 2.75) is 56.6 Å². The maximum atomic E-state index is 5.88. The van der Waals surface area contributed by atoms with E-state index in [2.05, 4.69) is 33.5 Å². The molecule has 1 aromatic heterocycles. The average Bonchev–Trinajstić information content (AvgIpc) is 3.25. The minimum absolute atomic E-state index is 0.275. The van der Waals surface area contributed by atoms with Gasteiger partial charge in [-0.1, -0.05) is 11.8 Å². The van der Waals surface area contributed by atoms with E-state index >= 15 is 0 Å². The van der Waals surface area contributed by atoms with Crippen molar-refractivity contribution in [1.29, 1.82) is 0 Å². The highest BCUT2D eigenvalue weighted by Crippen LogP contribution is 2.38. The molecule has 1 atom stereocenters. The van der Waals surface area contributed by atoms with Crippen LogP contribution in [0.15, 0.2) is 5.16 Å². The largest absolute Gasteiger partial charge is 0.375 e. The molecule has 0 aromatic carbocycles. The van der Waals surface area contributed by atoms with Crippen LogP contribution in [0.2, 0.25) is 0 Å². The van der Waals surface area contributed by atoms with Crippen LogP contribution in [-0.4, -0.2) is 57.3 Å². The summed E-state index contributed by atoms with van der Waals surface area (Å²) in [5.41, 5.74) is 5.76. The van der Waals surface area contributed by atoms with E-state index in [4.69, 9.17) is 10.5 Å². The lowest BCUT2D eigenvalue weighted by Crippen LogP contribution is -2.46. The second kappa shape index (κ2) is 6.64. The lowest BCUT2D eigenvalue weighted by Gasteiger charge is -2.35. The summed E-state index contributed by atoms with van der Waals surface area (Å²) in [5.74, 6) is 1.84. The van der Waals surface area contributed by atoms with E-state index in [1.165, 1.54) is 12.8 Å². The highest BCUT2D eigenvalue weighted by molar-refractivity contribution is 7.99. The molecular weight excluding hydrogens is 286 g/mol. The fourth-order valence-electron chi connectivity index (χ4n) is 2.72. The third kappa shape index (κ3) is 3.59. The zero-order valence-electron chi connectivity index (χ0n) is 12.9. The van der Waals surface area contributed by atoms with Crippen LogP contribution in [0.3, 0.4) is 0 Å². The van der Waals surface area contributed by atoms with Crippen LogP contribution < -0.4 is 5.73 Å². The lowest BCUT2D eigenvalue weighted by molar-refractivity contribution is -0.0265. The Morgan fingerprint density at radius 1 is 1.38 bits per heavy atom. The van der Waals surface area contributed by atoms with Gasteiger partial charge in [-0.15, -0.1) is 10.2 Å². The van der Waals surface area contributed by atoms with Gasteiger partial charge in [0.25, 0.3) is 0 Å². The van der Waals surface area contributed by atoms with Crippen molar-refractivity contribution >= 4 is 11.8 Å². The summed E-state index contributed by atoms with van der Waals surface area (Å²) in [4.78, 5) is 2.48. The molecule has 1 aliphatic heterocycles. The van der Waals surface area contributed by atoms with E-state index < -0.39 is 0 Å². The first kappa shape index (κ1) is 15.3. The summed E-state index contributed by atoms with van der Waals surface area (Å²) in [6, 6.07) is 1.15. The van der Waals surface area contributed by atoms with Gasteiger partial charge in [-0.25, -0.2) is 0 Å². The standard InChI is InChI=1S/C14H25N5OS/c1-10(2)18-5-6-20-12(8-18)9-21-14-17-16-13(7-15)19(14)11-3-4-11/h10-12H,3-9,15H2,1-2H3. The second-order valence-electron chi connectivity index (χ2n) is 6.10. The Labute approximate surface area is 130 Å². The van der Waals surface area contributed by atoms with Crippen molar-refractivity contribution in [1.82, 2.24) is 19.7 Å². The minimum Gasteiger partial charge on any atom is -0.375 e. The Morgan fingerprint density at radius 2 is 2.19 bits per heavy atom. The predicted molar refractivity (Wildman–Crippen MR) is 83.4 cm³/mol. The van der Waals surface area contributed by atoms with Crippen molar-refractivity contribution in [3.05, 3.63) is 5.82 Å². The van der Waals surface area contributed by atoms with E-state index in [0.717, 1.165) is 36.4 Å². The summed E-state index contributed by atoms with van der Waals surface area (Å²) in [7, 11) is 0. The van der Waals surface area contributed by atoms with Crippen LogP contribution in [0.4, 0.5) is 0 Å². The van der Waals surface area contributed by atoms with Gasteiger partial charge in [-0.2, -0.15) is 0 Å². The number of hydrogen-bond acceptors (Lipinski definition) is 6. The second-order valence-corrected chi connectivity index (χ2v) is 7.08. The smallest absolute Gasteiger partial charge is 0.191 e. The minimum atomic E-state index is 0.275. The van der Waals surface area contributed by atoms with Crippen molar-refractivity contribution in [2.24, 2.45) is 5.73 Å². The number of rotatable bonds is 6. The third-order valence-corrected chi connectivity index (χ3v) is 5.20. The molecule has 1 aromatic rings. The van der Waals surface area contributed by atoms with Gasteiger partial charge in [-0.05, 0) is 26.7 Å². The maximum Gasteiger partial charge on any atom is 0.191 e. The van der Waals surface area contributed by atoms with E-state index in [1.807, 2.05) is 0 Å². The Morgan fingerprint density at radius 3 is 2.86 bits per heavy atom. The molecule has 0 amide bonds. The molecule has 0 bridgehead atoms. The van der Waals surface area contributed by atoms with E-state index in [0.29, 0.717) is 18.6 Å². The molecule has 21 heavy (non-hydrogen) atoms. The van der Waals surface area contributed by atoms with Crippen LogP contribution >= 0.6 is 11.8 Å². The summed E-state index contributed by atoms with van der Waals surface area (Å²) >= 11 is 1.75. The molecule has 1 saturated heterocycles. The van der Waals surface area contributed by atoms with Gasteiger partial charge in [-0.3, -0.25) is 4.90 Å². The first-order chi connectivity index (χ1) is 10.2. The summed E-state index contributed by atoms with van der Waals surface area (Å²) in [5, 5.41) is 9.54. The summed E-state index contributed by atoms with van der Waals surface area (Å²) in [6.45, 7) is 7.82. The molecule has 2 N–H and O–H groups in total. The summed E-state index contributed by atoms with van der Waals surface area (Å²) in [6.07, 6.45) is 2.72. The molecule has 2 heterocycles. The molecule has 118 valence electrons. The normalized spacial score (nSPS) is 23.9. The number of ether oxygens (including phenoxy) is 1. The molecule has 0 spiro atoms. The van der Waals surface area contributed by atoms with Gasteiger partial charge in [0.1, 0.15) is 5.82 Å². The topological polar surface area (TPSA) is 69.2 Å². The molecule has 1 saturated carbocycles. The van der Waals surface area contributed by atoms with E-state index in [-0.39, 0.29) is 6.10 Å². The van der Waals surface area contributed by atoms with Gasteiger partial charge in [0.15, 0.2) is 5.16 Å². The quantitative estimate of drug-likeness (QED) is 0.798. The Balaban J connectivity index is 1.59. The van der Waals surface area contributed by atoms with Gasteiger partial charge < -0.3 is 15.0 Å². The fourth-order valence-corrected chi connectivity index (χ4v) is 3.75. The highest BCUT2D eigenvalue weighted by atomic mass is 32.2. The van der Waals surface area contributed by atoms with Crippen LogP contribution in [0.25, 0.3) is 0 Å². The fraction of sp³-hybridized carbons (Fsp3) is 0.857. The first-order valence-corrected chi connectivity index (χ1v) is 8.80. The molecule has 7 heteroatoms. The first-order valence-electron chi connectivity index (χ1n) is 7.81. The molecular formula is C14H25N5OS. The zero-order valence-corrected chi connectivity index (χ0v) is 13.7. The van der Waals surface area contributed by atoms with Crippen LogP contribution in [0.1, 0.15) is 38.6 Å². The Kier molecular flexibility index (Phi) is 4.83. The van der Waals surface area contributed by atoms with Crippen molar-refractivity contribution < 1.29 is 4.74 Å². The van der Waals surface area contributed by atoms with Crippen LogP contribution in [-0.2, 0) is 11.3 Å². The summed E-state index contributed by atoms with van der Waals surface area (Å²) < 4.78 is 8.11. The van der Waals surface area contributed by atoms with Crippen molar-refractivity contribution in [2.75, 3.05) is 25.4 Å². The molecule has 1 aliphatic carbocycles. The van der Waals surface area contributed by atoms with E-state index in [1.54, 1.807) is 11.8 Å². The molecule has 0 radical (unpaired) electrons. The van der Waals surface area contributed by atoms with Crippen LogP contribution in [0.5, 0.6) is 0 Å². The molecule has 2 fully saturated rings. The molecule has 1 unspecified atom stereocenters.